The van der Waals surface area contributed by atoms with E-state index in [-0.39, 0.29) is 11.6 Å². The molecular formula is C24H24ClN5O2. The molecule has 0 bridgehead atoms. The van der Waals surface area contributed by atoms with Gasteiger partial charge in [0.2, 0.25) is 0 Å². The number of aryl methyl sites for hydroxylation is 1. The van der Waals surface area contributed by atoms with Crippen LogP contribution >= 0.6 is 11.6 Å². The number of nitrogens with zero attached hydrogens (tertiary/aromatic N) is 3. The maximum atomic E-state index is 12.8. The molecule has 3 aromatic heterocycles. The normalized spacial score (nSPS) is 14.5. The molecule has 1 fully saturated rings. The lowest BCUT2D eigenvalue weighted by Gasteiger charge is -2.16. The number of aromatic amines is 1. The lowest BCUT2D eigenvalue weighted by Crippen LogP contribution is -2.19. The summed E-state index contributed by atoms with van der Waals surface area (Å²) in [6, 6.07) is 9.13. The Morgan fingerprint density at radius 3 is 2.91 bits per heavy atom. The second kappa shape index (κ2) is 8.31. The summed E-state index contributed by atoms with van der Waals surface area (Å²) in [5, 5.41) is 4.73. The summed E-state index contributed by atoms with van der Waals surface area (Å²) in [5.74, 6) is 1.91. The second-order valence-corrected chi connectivity index (χ2v) is 8.77. The maximum absolute atomic E-state index is 12.8. The molecular weight excluding hydrogens is 426 g/mol. The first-order chi connectivity index (χ1) is 15.5. The molecule has 32 heavy (non-hydrogen) atoms. The van der Waals surface area contributed by atoms with Crippen molar-refractivity contribution < 1.29 is 4.74 Å². The zero-order chi connectivity index (χ0) is 22.2. The molecule has 3 heterocycles. The highest BCUT2D eigenvalue weighted by atomic mass is 35.5. The van der Waals surface area contributed by atoms with Gasteiger partial charge in [0.25, 0.3) is 5.56 Å². The first kappa shape index (κ1) is 20.6. The summed E-state index contributed by atoms with van der Waals surface area (Å²) >= 11 is 6.44. The number of fused-ring (bicyclic) bond motifs is 1. The van der Waals surface area contributed by atoms with Crippen LogP contribution in [-0.4, -0.2) is 26.1 Å². The smallest absolute Gasteiger partial charge is 0.253 e. The summed E-state index contributed by atoms with van der Waals surface area (Å²) in [6.07, 6.45) is 7.72. The van der Waals surface area contributed by atoms with Gasteiger partial charge in [-0.1, -0.05) is 11.6 Å². The molecule has 0 saturated heterocycles. The number of H-pyrrole nitrogens is 1. The third kappa shape index (κ3) is 4.21. The fourth-order valence-corrected chi connectivity index (χ4v) is 3.98. The number of ether oxygens (including phenoxy) is 1. The van der Waals surface area contributed by atoms with Gasteiger partial charge in [-0.15, -0.1) is 0 Å². The van der Waals surface area contributed by atoms with Crippen molar-refractivity contribution >= 4 is 28.3 Å². The van der Waals surface area contributed by atoms with Crippen LogP contribution in [0, 0.1) is 5.92 Å². The van der Waals surface area contributed by atoms with Gasteiger partial charge in [0.05, 0.1) is 41.4 Å². The Labute approximate surface area is 190 Å². The summed E-state index contributed by atoms with van der Waals surface area (Å²) in [7, 11) is 1.95. The Hall–Kier alpha value is -3.32. The number of imidazole rings is 1. The SMILES string of the molecule is CC(Nc1cc(-c2cncn2C)ccn1)c1cc2cc(Cl)c(OCC3CC3)cc2[nH]c1=O. The molecule has 0 radical (unpaired) electrons. The minimum atomic E-state index is -0.262. The van der Waals surface area contributed by atoms with Gasteiger partial charge in [-0.05, 0) is 49.9 Å². The molecule has 1 aliphatic rings. The average molecular weight is 450 g/mol. The van der Waals surface area contributed by atoms with Crippen molar-refractivity contribution in [2.24, 2.45) is 13.0 Å². The standard InChI is InChI=1S/C24H24ClN5O2/c1-14(28-23-9-16(5-6-27-23)21-11-26-13-30(21)2)18-7-17-8-19(25)22(32-12-15-3-4-15)10-20(17)29-24(18)31/h5-11,13-15H,3-4,12H2,1-2H3,(H,27,28)(H,29,31). The van der Waals surface area contributed by atoms with E-state index in [1.807, 2.05) is 55.1 Å². The van der Waals surface area contributed by atoms with Crippen molar-refractivity contribution in [3.05, 3.63) is 70.0 Å². The highest BCUT2D eigenvalue weighted by Gasteiger charge is 2.22. The predicted octanol–water partition coefficient (Wildman–Crippen LogP) is 4.94. The molecule has 5 rings (SSSR count). The van der Waals surface area contributed by atoms with Crippen LogP contribution < -0.4 is 15.6 Å². The zero-order valence-electron chi connectivity index (χ0n) is 17.9. The van der Waals surface area contributed by atoms with Crippen molar-refractivity contribution in [1.82, 2.24) is 19.5 Å². The number of halogens is 1. The number of hydrogen-bond acceptors (Lipinski definition) is 5. The van der Waals surface area contributed by atoms with Crippen LogP contribution in [0.5, 0.6) is 5.75 Å². The first-order valence-electron chi connectivity index (χ1n) is 10.7. The van der Waals surface area contributed by atoms with Gasteiger partial charge in [-0.25, -0.2) is 9.97 Å². The number of rotatable bonds is 7. The average Bonchev–Trinajstić information content (AvgIpc) is 3.50. The lowest BCUT2D eigenvalue weighted by molar-refractivity contribution is 0.300. The molecule has 0 amide bonds. The topological polar surface area (TPSA) is 84.8 Å². The summed E-state index contributed by atoms with van der Waals surface area (Å²) in [5.41, 5.74) is 3.13. The van der Waals surface area contributed by atoms with E-state index in [9.17, 15) is 4.79 Å². The number of hydrogen-bond donors (Lipinski definition) is 2. The highest BCUT2D eigenvalue weighted by Crippen LogP contribution is 2.34. The Morgan fingerprint density at radius 2 is 2.16 bits per heavy atom. The number of aromatic nitrogens is 4. The van der Waals surface area contributed by atoms with Crippen LogP contribution in [-0.2, 0) is 7.05 Å². The largest absolute Gasteiger partial charge is 0.492 e. The minimum Gasteiger partial charge on any atom is -0.492 e. The van der Waals surface area contributed by atoms with E-state index in [1.165, 1.54) is 12.8 Å². The first-order valence-corrected chi connectivity index (χ1v) is 11.0. The van der Waals surface area contributed by atoms with Crippen LogP contribution in [0.1, 0.15) is 31.4 Å². The molecule has 8 heteroatoms. The third-order valence-electron chi connectivity index (χ3n) is 5.80. The number of anilines is 1. The van der Waals surface area contributed by atoms with Gasteiger partial charge in [-0.3, -0.25) is 4.79 Å². The second-order valence-electron chi connectivity index (χ2n) is 8.36. The lowest BCUT2D eigenvalue weighted by atomic mass is 10.1. The van der Waals surface area contributed by atoms with Crippen LogP contribution in [0.4, 0.5) is 5.82 Å². The van der Waals surface area contributed by atoms with E-state index >= 15 is 0 Å². The van der Waals surface area contributed by atoms with E-state index in [0.717, 1.165) is 16.6 Å². The Kier molecular flexibility index (Phi) is 5.35. The maximum Gasteiger partial charge on any atom is 0.253 e. The van der Waals surface area contributed by atoms with Gasteiger partial charge in [0, 0.05) is 35.8 Å². The third-order valence-corrected chi connectivity index (χ3v) is 6.10. The van der Waals surface area contributed by atoms with E-state index < -0.39 is 0 Å². The van der Waals surface area contributed by atoms with Crippen LogP contribution in [0.25, 0.3) is 22.2 Å². The molecule has 1 unspecified atom stereocenters. The summed E-state index contributed by atoms with van der Waals surface area (Å²) in [6.45, 7) is 2.60. The Bertz CT molecular complexity index is 1340. The Balaban J connectivity index is 1.40. The molecule has 2 N–H and O–H groups in total. The molecule has 1 aliphatic carbocycles. The zero-order valence-corrected chi connectivity index (χ0v) is 18.7. The van der Waals surface area contributed by atoms with Crippen molar-refractivity contribution in [1.29, 1.82) is 0 Å². The predicted molar refractivity (Wildman–Crippen MR) is 126 cm³/mol. The van der Waals surface area contributed by atoms with E-state index in [1.54, 1.807) is 12.5 Å². The monoisotopic (exact) mass is 449 g/mol. The van der Waals surface area contributed by atoms with Crippen molar-refractivity contribution in [2.45, 2.75) is 25.8 Å². The number of benzene rings is 1. The molecule has 164 valence electrons. The van der Waals surface area contributed by atoms with Crippen LogP contribution in [0.2, 0.25) is 5.02 Å². The molecule has 4 aromatic rings. The van der Waals surface area contributed by atoms with Crippen LogP contribution in [0.3, 0.4) is 0 Å². The highest BCUT2D eigenvalue weighted by molar-refractivity contribution is 6.32. The van der Waals surface area contributed by atoms with Crippen molar-refractivity contribution in [2.75, 3.05) is 11.9 Å². The van der Waals surface area contributed by atoms with E-state index in [4.69, 9.17) is 16.3 Å². The summed E-state index contributed by atoms with van der Waals surface area (Å²) < 4.78 is 7.78. The van der Waals surface area contributed by atoms with Crippen molar-refractivity contribution in [3.8, 4) is 17.0 Å². The van der Waals surface area contributed by atoms with Gasteiger partial charge in [-0.2, -0.15) is 0 Å². The summed E-state index contributed by atoms with van der Waals surface area (Å²) in [4.78, 5) is 24.4. The fourth-order valence-electron chi connectivity index (χ4n) is 3.75. The number of nitrogens with one attached hydrogen (secondary N) is 2. The van der Waals surface area contributed by atoms with Crippen molar-refractivity contribution in [3.63, 3.8) is 0 Å². The molecule has 1 saturated carbocycles. The van der Waals surface area contributed by atoms with Gasteiger partial charge >= 0.3 is 0 Å². The van der Waals surface area contributed by atoms with Gasteiger partial charge in [0.1, 0.15) is 11.6 Å². The molecule has 1 aromatic carbocycles. The molecule has 0 spiro atoms. The number of pyridine rings is 2. The van der Waals surface area contributed by atoms with E-state index in [0.29, 0.717) is 40.2 Å². The van der Waals surface area contributed by atoms with Crippen LogP contribution in [0.15, 0.2) is 53.8 Å². The molecule has 0 aliphatic heterocycles. The molecule has 1 atom stereocenters. The Morgan fingerprint density at radius 1 is 1.31 bits per heavy atom. The quantitative estimate of drug-likeness (QED) is 0.417. The van der Waals surface area contributed by atoms with E-state index in [2.05, 4.69) is 20.3 Å². The minimum absolute atomic E-state index is 0.157. The molecule has 7 nitrogen and oxygen atoms in total. The van der Waals surface area contributed by atoms with Gasteiger partial charge in [0.15, 0.2) is 0 Å². The van der Waals surface area contributed by atoms with Gasteiger partial charge < -0.3 is 19.6 Å². The fraction of sp³-hybridized carbons (Fsp3) is 0.292.